The Bertz CT molecular complexity index is 1130. The maximum Gasteiger partial charge on any atom is 0.262 e. The van der Waals surface area contributed by atoms with Crippen LogP contribution in [0.5, 0.6) is 5.75 Å². The standard InChI is InChI=1S/C18H21N5O4S2/c1-2-27-13-5-6-14-15(9-13)28-18(20-14)21-16(24)10-22-11-17(19-12-22)29(25,26)23-7-3-4-8-23/h5-6,9,11-12H,2-4,7-8,10H2,1H3,(H,20,21,24). The molecule has 0 radical (unpaired) electrons. The van der Waals surface area contributed by atoms with Gasteiger partial charge < -0.3 is 14.6 Å². The lowest BCUT2D eigenvalue weighted by Crippen LogP contribution is -2.28. The van der Waals surface area contributed by atoms with E-state index in [2.05, 4.69) is 15.3 Å². The fourth-order valence-corrected chi connectivity index (χ4v) is 5.52. The molecule has 4 rings (SSSR count). The Balaban J connectivity index is 1.42. The minimum absolute atomic E-state index is 0.0318. The molecular weight excluding hydrogens is 414 g/mol. The van der Waals surface area contributed by atoms with Crippen molar-refractivity contribution in [3.8, 4) is 5.75 Å². The number of sulfonamides is 1. The molecule has 1 aliphatic heterocycles. The third-order valence-corrected chi connectivity index (χ3v) is 7.24. The number of fused-ring (bicyclic) bond motifs is 1. The molecule has 0 spiro atoms. The molecule has 154 valence electrons. The topological polar surface area (TPSA) is 106 Å². The van der Waals surface area contributed by atoms with E-state index in [-0.39, 0.29) is 17.5 Å². The summed E-state index contributed by atoms with van der Waals surface area (Å²) in [5, 5.41) is 3.20. The van der Waals surface area contributed by atoms with Crippen LogP contribution in [0.1, 0.15) is 19.8 Å². The first kappa shape index (κ1) is 19.8. The smallest absolute Gasteiger partial charge is 0.262 e. The van der Waals surface area contributed by atoms with Crippen LogP contribution < -0.4 is 10.1 Å². The van der Waals surface area contributed by atoms with Gasteiger partial charge in [0.25, 0.3) is 10.0 Å². The molecule has 9 nitrogen and oxygen atoms in total. The van der Waals surface area contributed by atoms with Gasteiger partial charge in [-0.2, -0.15) is 4.31 Å². The molecule has 0 saturated carbocycles. The summed E-state index contributed by atoms with van der Waals surface area (Å²) in [6, 6.07) is 5.57. The lowest BCUT2D eigenvalue weighted by molar-refractivity contribution is -0.116. The van der Waals surface area contributed by atoms with E-state index in [0.717, 1.165) is 28.8 Å². The molecule has 11 heteroatoms. The lowest BCUT2D eigenvalue weighted by atomic mass is 10.3. The van der Waals surface area contributed by atoms with Crippen molar-refractivity contribution >= 4 is 42.6 Å². The van der Waals surface area contributed by atoms with Crippen molar-refractivity contribution in [2.75, 3.05) is 25.0 Å². The molecular formula is C18H21N5O4S2. The highest BCUT2D eigenvalue weighted by Crippen LogP contribution is 2.29. The zero-order valence-electron chi connectivity index (χ0n) is 15.9. The highest BCUT2D eigenvalue weighted by atomic mass is 32.2. The third-order valence-electron chi connectivity index (χ3n) is 4.52. The molecule has 3 aromatic rings. The van der Waals surface area contributed by atoms with Crippen molar-refractivity contribution in [1.29, 1.82) is 0 Å². The van der Waals surface area contributed by atoms with E-state index in [9.17, 15) is 13.2 Å². The maximum absolute atomic E-state index is 12.5. The van der Waals surface area contributed by atoms with Crippen LogP contribution in [0.3, 0.4) is 0 Å². The minimum atomic E-state index is -3.59. The fourth-order valence-electron chi connectivity index (χ4n) is 3.16. The Morgan fingerprint density at radius 1 is 1.31 bits per heavy atom. The number of carbonyl (C=O) groups is 1. The number of nitrogens with one attached hydrogen (secondary N) is 1. The number of hydrogen-bond donors (Lipinski definition) is 1. The Morgan fingerprint density at radius 3 is 2.86 bits per heavy atom. The number of hydrogen-bond acceptors (Lipinski definition) is 7. The number of aromatic nitrogens is 3. The Kier molecular flexibility index (Phi) is 5.52. The molecule has 0 aliphatic carbocycles. The summed E-state index contributed by atoms with van der Waals surface area (Å²) in [5.74, 6) is 0.447. The van der Waals surface area contributed by atoms with Crippen molar-refractivity contribution in [3.05, 3.63) is 30.7 Å². The van der Waals surface area contributed by atoms with Crippen LogP contribution in [-0.4, -0.2) is 52.9 Å². The monoisotopic (exact) mass is 435 g/mol. The predicted molar refractivity (Wildman–Crippen MR) is 110 cm³/mol. The Morgan fingerprint density at radius 2 is 2.10 bits per heavy atom. The number of thiazole rings is 1. The number of carbonyl (C=O) groups excluding carboxylic acids is 1. The second-order valence-corrected chi connectivity index (χ2v) is 9.54. The van der Waals surface area contributed by atoms with Gasteiger partial charge in [0.1, 0.15) is 12.3 Å². The van der Waals surface area contributed by atoms with E-state index in [1.54, 1.807) is 0 Å². The number of ether oxygens (including phenoxy) is 1. The number of amides is 1. The molecule has 0 atom stereocenters. The number of imidazole rings is 1. The van der Waals surface area contributed by atoms with Crippen LogP contribution in [0, 0.1) is 0 Å². The lowest BCUT2D eigenvalue weighted by Gasteiger charge is -2.12. The average molecular weight is 436 g/mol. The van der Waals surface area contributed by atoms with E-state index in [4.69, 9.17) is 4.74 Å². The summed E-state index contributed by atoms with van der Waals surface area (Å²) >= 11 is 1.35. The van der Waals surface area contributed by atoms with Crippen LogP contribution in [0.4, 0.5) is 5.13 Å². The van der Waals surface area contributed by atoms with Crippen LogP contribution in [0.25, 0.3) is 10.2 Å². The van der Waals surface area contributed by atoms with Crippen molar-refractivity contribution in [2.24, 2.45) is 0 Å². The third kappa shape index (κ3) is 4.26. The van der Waals surface area contributed by atoms with Gasteiger partial charge >= 0.3 is 0 Å². The summed E-state index contributed by atoms with van der Waals surface area (Å²) in [6.07, 6.45) is 4.46. The molecule has 1 amide bonds. The molecule has 1 N–H and O–H groups in total. The second-order valence-electron chi connectivity index (χ2n) is 6.63. The second kappa shape index (κ2) is 8.09. The van der Waals surface area contributed by atoms with Gasteiger partial charge in [-0.1, -0.05) is 11.3 Å². The van der Waals surface area contributed by atoms with E-state index < -0.39 is 10.0 Å². The molecule has 2 aromatic heterocycles. The number of rotatable bonds is 7. The summed E-state index contributed by atoms with van der Waals surface area (Å²) in [4.78, 5) is 20.7. The van der Waals surface area contributed by atoms with Crippen molar-refractivity contribution in [3.63, 3.8) is 0 Å². The maximum atomic E-state index is 12.5. The largest absolute Gasteiger partial charge is 0.494 e. The minimum Gasteiger partial charge on any atom is -0.494 e. The molecule has 1 aromatic carbocycles. The first-order valence-corrected chi connectivity index (χ1v) is 11.6. The normalized spacial score (nSPS) is 15.1. The first-order chi connectivity index (χ1) is 14.0. The van der Waals surface area contributed by atoms with Crippen LogP contribution >= 0.6 is 11.3 Å². The molecule has 0 unspecified atom stereocenters. The van der Waals surface area contributed by atoms with E-state index in [1.165, 1.54) is 32.7 Å². The number of benzene rings is 1. The summed E-state index contributed by atoms with van der Waals surface area (Å²) in [6.45, 7) is 3.47. The van der Waals surface area contributed by atoms with Crippen molar-refractivity contribution < 1.29 is 17.9 Å². The van der Waals surface area contributed by atoms with Gasteiger partial charge in [-0.15, -0.1) is 0 Å². The van der Waals surface area contributed by atoms with Crippen molar-refractivity contribution in [2.45, 2.75) is 31.3 Å². The summed E-state index contributed by atoms with van der Waals surface area (Å²) in [7, 11) is -3.59. The summed E-state index contributed by atoms with van der Waals surface area (Å²) < 4.78 is 34.3. The van der Waals surface area contributed by atoms with E-state index in [0.29, 0.717) is 24.8 Å². The van der Waals surface area contributed by atoms with Crippen LogP contribution in [0.15, 0.2) is 35.7 Å². The van der Waals surface area contributed by atoms with E-state index in [1.807, 2.05) is 25.1 Å². The van der Waals surface area contributed by atoms with Crippen LogP contribution in [0.2, 0.25) is 0 Å². The van der Waals surface area contributed by atoms with Crippen LogP contribution in [-0.2, 0) is 21.4 Å². The van der Waals surface area contributed by atoms with Gasteiger partial charge in [0.15, 0.2) is 10.2 Å². The quantitative estimate of drug-likeness (QED) is 0.610. The Hall–Kier alpha value is -2.50. The van der Waals surface area contributed by atoms with Gasteiger partial charge in [0, 0.05) is 19.3 Å². The van der Waals surface area contributed by atoms with Gasteiger partial charge in [-0.3, -0.25) is 4.79 Å². The molecule has 3 heterocycles. The SMILES string of the molecule is CCOc1ccc2nc(NC(=O)Cn3cnc(S(=O)(=O)N4CCCC4)c3)sc2c1. The summed E-state index contributed by atoms with van der Waals surface area (Å²) in [5.41, 5.74) is 0.773. The average Bonchev–Trinajstić information content (AvgIpc) is 3.42. The molecule has 1 saturated heterocycles. The number of nitrogens with zero attached hydrogens (tertiary/aromatic N) is 4. The zero-order valence-corrected chi connectivity index (χ0v) is 17.5. The van der Waals surface area contributed by atoms with Crippen molar-refractivity contribution in [1.82, 2.24) is 18.8 Å². The Labute approximate surface area is 172 Å². The molecule has 29 heavy (non-hydrogen) atoms. The molecule has 1 fully saturated rings. The van der Waals surface area contributed by atoms with Gasteiger partial charge in [0.2, 0.25) is 5.91 Å². The van der Waals surface area contributed by atoms with Gasteiger partial charge in [-0.05, 0) is 38.0 Å². The molecule has 1 aliphatic rings. The molecule has 0 bridgehead atoms. The highest BCUT2D eigenvalue weighted by molar-refractivity contribution is 7.89. The van der Waals surface area contributed by atoms with Gasteiger partial charge in [-0.25, -0.2) is 18.4 Å². The first-order valence-electron chi connectivity index (χ1n) is 9.31. The number of anilines is 1. The predicted octanol–water partition coefficient (Wildman–Crippen LogP) is 2.31. The van der Waals surface area contributed by atoms with E-state index >= 15 is 0 Å². The van der Waals surface area contributed by atoms with Gasteiger partial charge in [0.05, 0.1) is 23.2 Å². The highest BCUT2D eigenvalue weighted by Gasteiger charge is 2.29. The fraction of sp³-hybridized carbons (Fsp3) is 0.389. The zero-order chi connectivity index (χ0) is 20.4.